The average Bonchev–Trinajstić information content (AvgIpc) is 2.35. The molecule has 0 saturated carbocycles. The SMILES string of the molecule is CC(CN)C(=O)NCC(O)c1ccccc1F. The van der Waals surface area contributed by atoms with Crippen molar-refractivity contribution < 1.29 is 14.3 Å². The average molecular weight is 240 g/mol. The van der Waals surface area contributed by atoms with Crippen LogP contribution in [0, 0.1) is 11.7 Å². The number of aliphatic hydroxyl groups is 1. The van der Waals surface area contributed by atoms with Gasteiger partial charge in [0, 0.05) is 24.6 Å². The van der Waals surface area contributed by atoms with Gasteiger partial charge in [0.05, 0.1) is 6.10 Å². The predicted octanol–water partition coefficient (Wildman–Crippen LogP) is 0.570. The molecule has 0 fully saturated rings. The summed E-state index contributed by atoms with van der Waals surface area (Å²) in [4.78, 5) is 11.4. The van der Waals surface area contributed by atoms with Gasteiger partial charge in [-0.1, -0.05) is 25.1 Å². The summed E-state index contributed by atoms with van der Waals surface area (Å²) in [6.45, 7) is 1.90. The molecule has 4 N–H and O–H groups in total. The first kappa shape index (κ1) is 13.6. The molecule has 0 aliphatic heterocycles. The van der Waals surface area contributed by atoms with Crippen LogP contribution in [0.3, 0.4) is 0 Å². The van der Waals surface area contributed by atoms with Gasteiger partial charge in [0.2, 0.25) is 5.91 Å². The maximum absolute atomic E-state index is 13.3. The fourth-order valence-electron chi connectivity index (χ4n) is 1.33. The smallest absolute Gasteiger partial charge is 0.224 e. The topological polar surface area (TPSA) is 75.4 Å². The molecule has 0 spiro atoms. The molecule has 1 aromatic carbocycles. The highest BCUT2D eigenvalue weighted by molar-refractivity contribution is 5.78. The van der Waals surface area contributed by atoms with Crippen molar-refractivity contribution in [1.29, 1.82) is 0 Å². The minimum Gasteiger partial charge on any atom is -0.386 e. The largest absolute Gasteiger partial charge is 0.386 e. The Kier molecular flexibility index (Phi) is 5.06. The molecule has 1 rings (SSSR count). The third-order valence-corrected chi connectivity index (χ3v) is 2.54. The van der Waals surface area contributed by atoms with E-state index in [2.05, 4.69) is 5.32 Å². The van der Waals surface area contributed by atoms with Crippen molar-refractivity contribution in [2.24, 2.45) is 11.7 Å². The maximum Gasteiger partial charge on any atom is 0.224 e. The first-order chi connectivity index (χ1) is 8.06. The van der Waals surface area contributed by atoms with Crippen LogP contribution in [0.5, 0.6) is 0 Å². The van der Waals surface area contributed by atoms with Crippen molar-refractivity contribution in [3.8, 4) is 0 Å². The Balaban J connectivity index is 2.53. The molecule has 2 atom stereocenters. The van der Waals surface area contributed by atoms with Crippen molar-refractivity contribution in [3.63, 3.8) is 0 Å². The van der Waals surface area contributed by atoms with Crippen molar-refractivity contribution >= 4 is 5.91 Å². The number of nitrogens with one attached hydrogen (secondary N) is 1. The van der Waals surface area contributed by atoms with Gasteiger partial charge >= 0.3 is 0 Å². The molecule has 0 radical (unpaired) electrons. The molecule has 17 heavy (non-hydrogen) atoms. The van der Waals surface area contributed by atoms with Crippen LogP contribution >= 0.6 is 0 Å². The van der Waals surface area contributed by atoms with E-state index in [0.717, 1.165) is 0 Å². The fraction of sp³-hybridized carbons (Fsp3) is 0.417. The number of hydrogen-bond donors (Lipinski definition) is 3. The molecule has 0 aliphatic rings. The Hall–Kier alpha value is -1.46. The minimum atomic E-state index is -1.05. The van der Waals surface area contributed by atoms with E-state index in [9.17, 15) is 14.3 Å². The van der Waals surface area contributed by atoms with E-state index in [1.54, 1.807) is 19.1 Å². The molecule has 1 amide bonds. The van der Waals surface area contributed by atoms with Gasteiger partial charge in [-0.05, 0) is 6.07 Å². The molecular formula is C12H17FN2O2. The number of carbonyl (C=O) groups is 1. The third kappa shape index (κ3) is 3.80. The Morgan fingerprint density at radius 2 is 2.18 bits per heavy atom. The lowest BCUT2D eigenvalue weighted by molar-refractivity contribution is -0.124. The lowest BCUT2D eigenvalue weighted by Crippen LogP contribution is -2.35. The Morgan fingerprint density at radius 3 is 2.76 bits per heavy atom. The zero-order chi connectivity index (χ0) is 12.8. The molecular weight excluding hydrogens is 223 g/mol. The second kappa shape index (κ2) is 6.32. The normalized spacial score (nSPS) is 14.1. The van der Waals surface area contributed by atoms with Gasteiger partial charge in [0.15, 0.2) is 0 Å². The second-order valence-electron chi connectivity index (χ2n) is 3.92. The molecule has 0 aliphatic carbocycles. The third-order valence-electron chi connectivity index (χ3n) is 2.54. The summed E-state index contributed by atoms with van der Waals surface area (Å²) >= 11 is 0. The number of nitrogens with two attached hydrogens (primary N) is 1. The number of aliphatic hydroxyl groups excluding tert-OH is 1. The molecule has 94 valence electrons. The van der Waals surface area contributed by atoms with Gasteiger partial charge in [0.25, 0.3) is 0 Å². The molecule has 1 aromatic rings. The zero-order valence-electron chi connectivity index (χ0n) is 9.69. The molecule has 4 nitrogen and oxygen atoms in total. The monoisotopic (exact) mass is 240 g/mol. The minimum absolute atomic E-state index is 0.0237. The van der Waals surface area contributed by atoms with Gasteiger partial charge in [-0.3, -0.25) is 4.79 Å². The highest BCUT2D eigenvalue weighted by Crippen LogP contribution is 2.15. The Morgan fingerprint density at radius 1 is 1.53 bits per heavy atom. The first-order valence-electron chi connectivity index (χ1n) is 5.46. The molecule has 0 heterocycles. The summed E-state index contributed by atoms with van der Waals surface area (Å²) in [5.74, 6) is -1.05. The summed E-state index contributed by atoms with van der Waals surface area (Å²) < 4.78 is 13.3. The zero-order valence-corrected chi connectivity index (χ0v) is 9.69. The number of carbonyl (C=O) groups excluding carboxylic acids is 1. The second-order valence-corrected chi connectivity index (χ2v) is 3.92. The molecule has 0 saturated heterocycles. The molecule has 0 aromatic heterocycles. The van der Waals surface area contributed by atoms with Crippen LogP contribution in [-0.2, 0) is 4.79 Å². The molecule has 2 unspecified atom stereocenters. The Bertz CT molecular complexity index is 385. The first-order valence-corrected chi connectivity index (χ1v) is 5.46. The maximum atomic E-state index is 13.3. The van der Waals surface area contributed by atoms with E-state index in [1.807, 2.05) is 0 Å². The summed E-state index contributed by atoms with van der Waals surface area (Å²) in [5, 5.41) is 12.2. The number of amides is 1. The van der Waals surface area contributed by atoms with Crippen molar-refractivity contribution in [2.45, 2.75) is 13.0 Å². The fourth-order valence-corrected chi connectivity index (χ4v) is 1.33. The molecule has 0 bridgehead atoms. The van der Waals surface area contributed by atoms with Crippen molar-refractivity contribution in [1.82, 2.24) is 5.32 Å². The summed E-state index contributed by atoms with van der Waals surface area (Å²) in [6, 6.07) is 5.92. The number of halogens is 1. The summed E-state index contributed by atoms with van der Waals surface area (Å²) in [7, 11) is 0. The number of benzene rings is 1. The van der Waals surface area contributed by atoms with Crippen molar-refractivity contribution in [2.75, 3.05) is 13.1 Å². The highest BCUT2D eigenvalue weighted by atomic mass is 19.1. The number of rotatable bonds is 5. The van der Waals surface area contributed by atoms with E-state index in [-0.39, 0.29) is 30.5 Å². The summed E-state index contributed by atoms with van der Waals surface area (Å²) in [6.07, 6.45) is -1.05. The highest BCUT2D eigenvalue weighted by Gasteiger charge is 2.15. The number of hydrogen-bond acceptors (Lipinski definition) is 3. The van der Waals surface area contributed by atoms with Gasteiger partial charge in [-0.15, -0.1) is 0 Å². The van der Waals surface area contributed by atoms with Crippen LogP contribution in [0.4, 0.5) is 4.39 Å². The van der Waals surface area contributed by atoms with E-state index >= 15 is 0 Å². The van der Waals surface area contributed by atoms with Gasteiger partial charge in [-0.25, -0.2) is 4.39 Å². The van der Waals surface area contributed by atoms with E-state index in [0.29, 0.717) is 0 Å². The molecule has 5 heteroatoms. The van der Waals surface area contributed by atoms with E-state index in [1.165, 1.54) is 12.1 Å². The van der Waals surface area contributed by atoms with Crippen LogP contribution in [0.2, 0.25) is 0 Å². The van der Waals surface area contributed by atoms with Crippen LogP contribution in [0.1, 0.15) is 18.6 Å². The van der Waals surface area contributed by atoms with E-state index < -0.39 is 11.9 Å². The van der Waals surface area contributed by atoms with Crippen molar-refractivity contribution in [3.05, 3.63) is 35.6 Å². The lowest BCUT2D eigenvalue weighted by Gasteiger charge is -2.15. The van der Waals surface area contributed by atoms with Gasteiger partial charge in [-0.2, -0.15) is 0 Å². The quantitative estimate of drug-likeness (QED) is 0.704. The predicted molar refractivity (Wildman–Crippen MR) is 62.6 cm³/mol. The van der Waals surface area contributed by atoms with Gasteiger partial charge in [0.1, 0.15) is 5.82 Å². The van der Waals surface area contributed by atoms with Crippen LogP contribution in [0.15, 0.2) is 24.3 Å². The van der Waals surface area contributed by atoms with Crippen LogP contribution < -0.4 is 11.1 Å². The van der Waals surface area contributed by atoms with Gasteiger partial charge < -0.3 is 16.2 Å². The Labute approximate surface area is 99.6 Å². The lowest BCUT2D eigenvalue weighted by atomic mass is 10.1. The van der Waals surface area contributed by atoms with Crippen LogP contribution in [-0.4, -0.2) is 24.1 Å². The van der Waals surface area contributed by atoms with E-state index in [4.69, 9.17) is 5.73 Å². The van der Waals surface area contributed by atoms with Crippen LogP contribution in [0.25, 0.3) is 0 Å². The standard InChI is InChI=1S/C12H17FN2O2/c1-8(6-14)12(17)15-7-11(16)9-4-2-3-5-10(9)13/h2-5,8,11,16H,6-7,14H2,1H3,(H,15,17). The summed E-state index contributed by atoms with van der Waals surface area (Å²) in [5.41, 5.74) is 5.51.